The van der Waals surface area contributed by atoms with Crippen LogP contribution in [0.15, 0.2) is 73.3 Å². The van der Waals surface area contributed by atoms with Gasteiger partial charge in [0.15, 0.2) is 0 Å². The third kappa shape index (κ3) is 15.0. The minimum absolute atomic E-state index is 0.0189. The van der Waals surface area contributed by atoms with Crippen molar-refractivity contribution in [2.75, 3.05) is 13.1 Å². The van der Waals surface area contributed by atoms with Gasteiger partial charge < -0.3 is 58.2 Å². The second-order valence-electron chi connectivity index (χ2n) is 16.1. The van der Waals surface area contributed by atoms with E-state index in [0.29, 0.717) is 29.7 Å². The minimum atomic E-state index is -1.40. The van der Waals surface area contributed by atoms with Crippen molar-refractivity contribution >= 4 is 64.1 Å². The predicted molar refractivity (Wildman–Crippen MR) is 240 cm³/mol. The van der Waals surface area contributed by atoms with Crippen molar-refractivity contribution < 1.29 is 43.2 Å². The number of imidazole rings is 1. The van der Waals surface area contributed by atoms with Gasteiger partial charge >= 0.3 is 0 Å². The molecule has 1 aliphatic rings. The van der Waals surface area contributed by atoms with Crippen LogP contribution >= 0.6 is 0 Å². The number of hydrogen-bond acceptors (Lipinski definition) is 10. The van der Waals surface area contributed by atoms with Gasteiger partial charge in [-0.05, 0) is 36.5 Å². The molecular weight excluding hydrogens is 853 g/mol. The summed E-state index contributed by atoms with van der Waals surface area (Å²) in [5.74, 6) is -6.60. The van der Waals surface area contributed by atoms with E-state index in [2.05, 4.69) is 57.5 Å². The summed E-state index contributed by atoms with van der Waals surface area (Å²) in [6, 6.07) is 8.48. The molecule has 66 heavy (non-hydrogen) atoms. The second-order valence-corrected chi connectivity index (χ2v) is 16.1. The van der Waals surface area contributed by atoms with Gasteiger partial charge in [-0.3, -0.25) is 43.2 Å². The lowest BCUT2D eigenvalue weighted by atomic mass is 10.0. The fourth-order valence-corrected chi connectivity index (χ4v) is 7.43. The van der Waals surface area contributed by atoms with Crippen LogP contribution in [0.3, 0.4) is 0 Å². The molecule has 1 fully saturated rings. The van der Waals surface area contributed by atoms with E-state index in [9.17, 15) is 43.2 Å². The Balaban J connectivity index is 1.43. The molecule has 0 unspecified atom stereocenters. The Morgan fingerprint density at radius 2 is 1.53 bits per heavy atom. The van der Waals surface area contributed by atoms with Gasteiger partial charge in [-0.25, -0.2) is 4.98 Å². The molecule has 2 aromatic heterocycles. The number of nitrogens with two attached hydrogens (primary N) is 1. The molecule has 6 atom stereocenters. The molecule has 21 heteroatoms. The van der Waals surface area contributed by atoms with E-state index in [0.717, 1.165) is 10.9 Å². The number of aromatic nitrogens is 3. The van der Waals surface area contributed by atoms with Crippen LogP contribution in [-0.2, 0) is 62.4 Å². The van der Waals surface area contributed by atoms with Crippen LogP contribution in [0, 0.1) is 0 Å². The number of para-hydroxylation sites is 1. The summed E-state index contributed by atoms with van der Waals surface area (Å²) >= 11 is 0. The Labute approximate surface area is 380 Å². The molecule has 1 aliphatic heterocycles. The Hall–Kier alpha value is -7.58. The second kappa shape index (κ2) is 24.5. The summed E-state index contributed by atoms with van der Waals surface area (Å²) in [6.45, 7) is 2.35. The molecular formula is C45H58N12O9. The number of H-pyrrole nitrogens is 2. The zero-order valence-corrected chi connectivity index (χ0v) is 36.9. The summed E-state index contributed by atoms with van der Waals surface area (Å²) in [7, 11) is 0. The minimum Gasteiger partial charge on any atom is -0.368 e. The number of nitrogens with zero attached hydrogens (tertiary/aromatic N) is 1. The molecule has 9 amide bonds. The monoisotopic (exact) mass is 910 g/mol. The van der Waals surface area contributed by atoms with Gasteiger partial charge in [0.05, 0.1) is 18.6 Å². The van der Waals surface area contributed by atoms with E-state index >= 15 is 0 Å². The van der Waals surface area contributed by atoms with Crippen molar-refractivity contribution in [1.29, 1.82) is 0 Å². The highest BCUT2D eigenvalue weighted by molar-refractivity contribution is 5.97. The van der Waals surface area contributed by atoms with Gasteiger partial charge in [0.1, 0.15) is 36.3 Å². The Morgan fingerprint density at radius 3 is 2.24 bits per heavy atom. The van der Waals surface area contributed by atoms with Crippen molar-refractivity contribution in [3.8, 4) is 0 Å². The maximum absolute atomic E-state index is 14.2. The predicted octanol–water partition coefficient (Wildman–Crippen LogP) is -1.06. The van der Waals surface area contributed by atoms with E-state index in [1.807, 2.05) is 31.2 Å². The molecule has 0 spiro atoms. The van der Waals surface area contributed by atoms with Crippen LogP contribution < -0.4 is 48.3 Å². The lowest BCUT2D eigenvalue weighted by molar-refractivity contribution is -0.135. The van der Waals surface area contributed by atoms with Gasteiger partial charge in [-0.15, -0.1) is 0 Å². The largest absolute Gasteiger partial charge is 0.368 e. The normalized spacial score (nSPS) is 20.1. The fourth-order valence-electron chi connectivity index (χ4n) is 7.43. The standard InChI is InChI=1S/C45H58N12O9/c1-3-4-13-32(52-26(2)58)42(63)54-33-15-16-38(59)48-18-17-34(44(65)55-35(40(46)61)20-28-22-49-31-14-9-8-12-30(28)31)53-39(60)24-50-41(62)36(19-27-10-6-5-7-11-27)56-45(66)37(57-43(33)64)21-29-23-47-25-51-29/h5-12,14,22-23,25,32-37,49H,3-4,13,15-21,24H2,1-2H3,(H2,46,61)(H,47,51)(H,48,59)(H,50,62)(H,52,58)(H,53,60)(H,54,63)(H,55,65)(H,56,66)(H,57,64)/t32-,33-,34-,35-,36+,37-/m0/s1. The van der Waals surface area contributed by atoms with Gasteiger partial charge in [0.2, 0.25) is 53.2 Å². The number of benzene rings is 2. The first-order valence-corrected chi connectivity index (χ1v) is 21.9. The molecule has 12 N–H and O–H groups in total. The molecule has 2 aromatic carbocycles. The maximum atomic E-state index is 14.2. The SMILES string of the molecule is CCCC[C@H](NC(C)=O)C(=O)N[C@H]1CCC(=O)NCC[C@@H](C(=O)N[C@@H](Cc2c[nH]c3ccccc23)C(N)=O)NC(=O)CNC(=O)[C@@H](Cc2ccccc2)NC(=O)[C@H](Cc2c[nH]cn2)NC1=O. The number of hydrogen-bond donors (Lipinski definition) is 11. The first-order valence-electron chi connectivity index (χ1n) is 21.9. The summed E-state index contributed by atoms with van der Waals surface area (Å²) in [5, 5.41) is 21.8. The number of primary amides is 1. The van der Waals surface area contributed by atoms with Crippen molar-refractivity contribution in [3.63, 3.8) is 0 Å². The fraction of sp³-hybridized carbons (Fsp3) is 0.422. The first-order chi connectivity index (χ1) is 31.7. The van der Waals surface area contributed by atoms with Gasteiger partial charge in [0.25, 0.3) is 0 Å². The summed E-state index contributed by atoms with van der Waals surface area (Å²) in [6.07, 6.45) is 5.19. The number of fused-ring (bicyclic) bond motifs is 1. The highest BCUT2D eigenvalue weighted by atomic mass is 16.2. The first kappa shape index (κ1) is 49.4. The third-order valence-electron chi connectivity index (χ3n) is 10.9. The van der Waals surface area contributed by atoms with Crippen LogP contribution in [-0.4, -0.2) is 117 Å². The number of carbonyl (C=O) groups excluding carboxylic acids is 9. The number of aromatic amines is 2. The van der Waals surface area contributed by atoms with E-state index < -0.39 is 96.0 Å². The highest BCUT2D eigenvalue weighted by Gasteiger charge is 2.33. The van der Waals surface area contributed by atoms with Crippen LogP contribution in [0.1, 0.15) is 69.2 Å². The highest BCUT2D eigenvalue weighted by Crippen LogP contribution is 2.19. The molecule has 1 saturated heterocycles. The van der Waals surface area contributed by atoms with E-state index in [4.69, 9.17) is 5.73 Å². The van der Waals surface area contributed by atoms with Crippen molar-refractivity contribution in [1.82, 2.24) is 57.5 Å². The summed E-state index contributed by atoms with van der Waals surface area (Å²) in [5.41, 5.74) is 8.27. The molecule has 0 radical (unpaired) electrons. The Morgan fingerprint density at radius 1 is 0.803 bits per heavy atom. The quantitative estimate of drug-likeness (QED) is 0.0687. The third-order valence-corrected chi connectivity index (χ3v) is 10.9. The van der Waals surface area contributed by atoms with Crippen molar-refractivity contribution in [2.45, 2.75) is 108 Å². The summed E-state index contributed by atoms with van der Waals surface area (Å²) < 4.78 is 0. The average molecular weight is 911 g/mol. The molecule has 4 aromatic rings. The lowest BCUT2D eigenvalue weighted by Gasteiger charge is -2.26. The van der Waals surface area contributed by atoms with Crippen molar-refractivity contribution in [2.24, 2.45) is 5.73 Å². The Bertz CT molecular complexity index is 2340. The van der Waals surface area contributed by atoms with Crippen LogP contribution in [0.25, 0.3) is 10.9 Å². The zero-order chi connectivity index (χ0) is 47.6. The van der Waals surface area contributed by atoms with Crippen LogP contribution in [0.2, 0.25) is 0 Å². The number of carbonyl (C=O) groups is 9. The van der Waals surface area contributed by atoms with Gasteiger partial charge in [0, 0.05) is 62.4 Å². The molecule has 0 saturated carbocycles. The maximum Gasteiger partial charge on any atom is 0.243 e. The molecule has 0 bridgehead atoms. The lowest BCUT2D eigenvalue weighted by Crippen LogP contribution is -2.59. The molecule has 3 heterocycles. The van der Waals surface area contributed by atoms with Gasteiger partial charge in [-0.1, -0.05) is 68.3 Å². The van der Waals surface area contributed by atoms with Crippen molar-refractivity contribution in [3.05, 3.63) is 90.1 Å². The van der Waals surface area contributed by atoms with Crippen LogP contribution in [0.4, 0.5) is 0 Å². The number of nitrogens with one attached hydrogen (secondary N) is 10. The zero-order valence-electron chi connectivity index (χ0n) is 36.9. The smallest absolute Gasteiger partial charge is 0.243 e. The summed E-state index contributed by atoms with van der Waals surface area (Å²) in [4.78, 5) is 131. The molecule has 0 aliphatic carbocycles. The number of rotatable bonds is 15. The van der Waals surface area contributed by atoms with Crippen LogP contribution in [0.5, 0.6) is 0 Å². The average Bonchev–Trinajstić information content (AvgIpc) is 3.97. The molecule has 21 nitrogen and oxygen atoms in total. The van der Waals surface area contributed by atoms with Gasteiger partial charge in [-0.2, -0.15) is 0 Å². The number of amides is 9. The molecule has 352 valence electrons. The van der Waals surface area contributed by atoms with E-state index in [1.54, 1.807) is 36.5 Å². The topological polar surface area (TPSA) is 320 Å². The van der Waals surface area contributed by atoms with E-state index in [-0.39, 0.29) is 51.5 Å². The molecule has 5 rings (SSSR count). The number of unbranched alkanes of at least 4 members (excludes halogenated alkanes) is 1. The Kier molecular flexibility index (Phi) is 18.3. The van der Waals surface area contributed by atoms with E-state index in [1.165, 1.54) is 19.4 Å².